The lowest BCUT2D eigenvalue weighted by Gasteiger charge is -2.32. The molecule has 2 nitrogen and oxygen atoms in total. The van der Waals surface area contributed by atoms with Gasteiger partial charge in [-0.1, -0.05) is 6.58 Å². The van der Waals surface area contributed by atoms with Gasteiger partial charge in [0.05, 0.1) is 11.2 Å². The van der Waals surface area contributed by atoms with Crippen molar-refractivity contribution in [2.75, 3.05) is 0 Å². The molecule has 0 unspecified atom stereocenters. The highest BCUT2D eigenvalue weighted by atomic mass is 19.1. The Kier molecular flexibility index (Phi) is 3.12. The molecule has 1 aliphatic heterocycles. The fraction of sp³-hybridized carbons (Fsp3) is 0.636. The summed E-state index contributed by atoms with van der Waals surface area (Å²) in [7, 11) is -0.618. The zero-order valence-corrected chi connectivity index (χ0v) is 10.1. The minimum atomic E-state index is -0.618. The molecule has 4 heteroatoms. The zero-order valence-electron chi connectivity index (χ0n) is 10.1. The normalized spacial score (nSPS) is 25.1. The standard InChI is InChI=1S/C11H18BFO2/c1-7-9(13)8(2)12-14-10(3,4)11(5,6)15-12/h7H,1H2,2-6H3/b9-8-. The molecule has 0 radical (unpaired) electrons. The van der Waals surface area contributed by atoms with Crippen LogP contribution in [0.3, 0.4) is 0 Å². The average molecular weight is 212 g/mol. The molecule has 1 saturated heterocycles. The van der Waals surface area contributed by atoms with E-state index in [4.69, 9.17) is 9.31 Å². The molecule has 0 aromatic rings. The van der Waals surface area contributed by atoms with Crippen LogP contribution in [0.5, 0.6) is 0 Å². The molecule has 1 aliphatic rings. The molecular formula is C11H18BFO2. The van der Waals surface area contributed by atoms with Gasteiger partial charge >= 0.3 is 7.12 Å². The highest BCUT2D eigenvalue weighted by Gasteiger charge is 2.52. The molecule has 1 heterocycles. The van der Waals surface area contributed by atoms with Crippen molar-refractivity contribution in [1.29, 1.82) is 0 Å². The predicted molar refractivity (Wildman–Crippen MR) is 60.1 cm³/mol. The Morgan fingerprint density at radius 2 is 1.60 bits per heavy atom. The minimum absolute atomic E-state index is 0.381. The lowest BCUT2D eigenvalue weighted by atomic mass is 9.79. The monoisotopic (exact) mass is 212 g/mol. The van der Waals surface area contributed by atoms with Gasteiger partial charge in [0.15, 0.2) is 0 Å². The Morgan fingerprint density at radius 3 is 1.93 bits per heavy atom. The number of allylic oxidation sites excluding steroid dienone is 3. The molecule has 0 aliphatic carbocycles. The van der Waals surface area contributed by atoms with Gasteiger partial charge in [-0.15, -0.1) is 0 Å². The van der Waals surface area contributed by atoms with Crippen LogP contribution < -0.4 is 0 Å². The molecule has 15 heavy (non-hydrogen) atoms. The summed E-state index contributed by atoms with van der Waals surface area (Å²) in [6.45, 7) is 12.8. The second-order valence-electron chi connectivity index (χ2n) is 4.82. The molecule has 84 valence electrons. The van der Waals surface area contributed by atoms with E-state index in [-0.39, 0.29) is 5.83 Å². The van der Waals surface area contributed by atoms with Crippen LogP contribution in [0.15, 0.2) is 24.0 Å². The van der Waals surface area contributed by atoms with E-state index in [9.17, 15) is 4.39 Å². The van der Waals surface area contributed by atoms with Crippen LogP contribution in [0.1, 0.15) is 34.6 Å². The van der Waals surface area contributed by atoms with E-state index in [0.717, 1.165) is 0 Å². The molecule has 1 rings (SSSR count). The van der Waals surface area contributed by atoms with E-state index in [0.29, 0.717) is 5.47 Å². The van der Waals surface area contributed by atoms with Crippen molar-refractivity contribution in [3.8, 4) is 0 Å². The third kappa shape index (κ3) is 2.16. The summed E-state index contributed by atoms with van der Waals surface area (Å²) < 4.78 is 24.6. The van der Waals surface area contributed by atoms with Crippen LogP contribution in [-0.4, -0.2) is 18.3 Å². The second kappa shape index (κ2) is 3.76. The summed E-state index contributed by atoms with van der Waals surface area (Å²) in [6.07, 6.45) is 1.17. The summed E-state index contributed by atoms with van der Waals surface area (Å²) >= 11 is 0. The zero-order chi connectivity index (χ0) is 11.9. The van der Waals surface area contributed by atoms with Crippen LogP contribution in [0.25, 0.3) is 0 Å². The number of hydrogen-bond acceptors (Lipinski definition) is 2. The van der Waals surface area contributed by atoms with Crippen LogP contribution in [0, 0.1) is 0 Å². The fourth-order valence-corrected chi connectivity index (χ4v) is 1.29. The van der Waals surface area contributed by atoms with Crippen LogP contribution >= 0.6 is 0 Å². The van der Waals surface area contributed by atoms with Crippen molar-refractivity contribution < 1.29 is 13.7 Å². The first-order valence-electron chi connectivity index (χ1n) is 5.05. The van der Waals surface area contributed by atoms with Crippen molar-refractivity contribution in [3.05, 3.63) is 24.0 Å². The Morgan fingerprint density at radius 1 is 1.20 bits per heavy atom. The van der Waals surface area contributed by atoms with Crippen molar-refractivity contribution in [1.82, 2.24) is 0 Å². The molecule has 0 aromatic heterocycles. The second-order valence-corrected chi connectivity index (χ2v) is 4.82. The molecule has 0 atom stereocenters. The summed E-state index contributed by atoms with van der Waals surface area (Å²) in [6, 6.07) is 0. The van der Waals surface area contributed by atoms with E-state index in [2.05, 4.69) is 6.58 Å². The molecule has 0 spiro atoms. The van der Waals surface area contributed by atoms with Gasteiger partial charge < -0.3 is 9.31 Å². The lowest BCUT2D eigenvalue weighted by molar-refractivity contribution is 0.00578. The van der Waals surface area contributed by atoms with Crippen LogP contribution in [0.2, 0.25) is 0 Å². The third-order valence-corrected chi connectivity index (χ3v) is 3.16. The molecule has 0 amide bonds. The summed E-state index contributed by atoms with van der Waals surface area (Å²) in [5, 5.41) is 0. The van der Waals surface area contributed by atoms with Gasteiger partial charge in [-0.05, 0) is 46.2 Å². The van der Waals surface area contributed by atoms with E-state index in [1.165, 1.54) is 6.08 Å². The van der Waals surface area contributed by atoms with E-state index < -0.39 is 18.3 Å². The van der Waals surface area contributed by atoms with Gasteiger partial charge in [-0.3, -0.25) is 0 Å². The molecule has 1 fully saturated rings. The average Bonchev–Trinajstić information content (AvgIpc) is 2.33. The lowest BCUT2D eigenvalue weighted by Crippen LogP contribution is -2.41. The summed E-state index contributed by atoms with van der Waals surface area (Å²) in [5.41, 5.74) is -0.426. The van der Waals surface area contributed by atoms with Gasteiger partial charge in [0, 0.05) is 0 Å². The topological polar surface area (TPSA) is 18.5 Å². The van der Waals surface area contributed by atoms with E-state index in [1.54, 1.807) is 6.92 Å². The fourth-order valence-electron chi connectivity index (χ4n) is 1.29. The summed E-state index contributed by atoms with van der Waals surface area (Å²) in [5.74, 6) is -0.381. The first-order valence-corrected chi connectivity index (χ1v) is 5.05. The number of hydrogen-bond donors (Lipinski definition) is 0. The first-order chi connectivity index (χ1) is 6.71. The van der Waals surface area contributed by atoms with Crippen LogP contribution in [0.4, 0.5) is 4.39 Å². The van der Waals surface area contributed by atoms with Crippen molar-refractivity contribution in [2.24, 2.45) is 0 Å². The number of halogens is 1. The Bertz CT molecular complexity index is 292. The van der Waals surface area contributed by atoms with E-state index >= 15 is 0 Å². The largest absolute Gasteiger partial charge is 0.493 e. The highest BCUT2D eigenvalue weighted by Crippen LogP contribution is 2.38. The molecule has 0 bridgehead atoms. The molecule has 0 N–H and O–H groups in total. The molecule has 0 saturated carbocycles. The molecule has 0 aromatic carbocycles. The maximum atomic E-state index is 13.3. The Labute approximate surface area is 91.3 Å². The van der Waals surface area contributed by atoms with Crippen molar-refractivity contribution in [2.45, 2.75) is 45.8 Å². The smallest absolute Gasteiger partial charge is 0.399 e. The van der Waals surface area contributed by atoms with Gasteiger partial charge in [0.1, 0.15) is 5.83 Å². The Balaban J connectivity index is 2.93. The van der Waals surface area contributed by atoms with E-state index in [1.807, 2.05) is 27.7 Å². The maximum Gasteiger partial charge on any atom is 0.493 e. The Hall–Kier alpha value is -0.605. The van der Waals surface area contributed by atoms with Gasteiger partial charge in [0.2, 0.25) is 0 Å². The highest BCUT2D eigenvalue weighted by molar-refractivity contribution is 6.54. The number of rotatable bonds is 2. The predicted octanol–water partition coefficient (Wildman–Crippen LogP) is 3.05. The maximum absolute atomic E-state index is 13.3. The van der Waals surface area contributed by atoms with Gasteiger partial charge in [-0.25, -0.2) is 4.39 Å². The quantitative estimate of drug-likeness (QED) is 0.517. The van der Waals surface area contributed by atoms with Crippen LogP contribution in [-0.2, 0) is 9.31 Å². The van der Waals surface area contributed by atoms with Crippen molar-refractivity contribution >= 4 is 7.12 Å². The van der Waals surface area contributed by atoms with Crippen molar-refractivity contribution in [3.63, 3.8) is 0 Å². The summed E-state index contributed by atoms with van der Waals surface area (Å²) in [4.78, 5) is 0. The molecular weight excluding hydrogens is 194 g/mol. The minimum Gasteiger partial charge on any atom is -0.399 e. The van der Waals surface area contributed by atoms with Gasteiger partial charge in [0.25, 0.3) is 0 Å². The first kappa shape index (κ1) is 12.5. The third-order valence-electron chi connectivity index (χ3n) is 3.16. The SMILES string of the molecule is C=C/C(F)=C(\C)B1OC(C)(C)C(C)(C)O1. The van der Waals surface area contributed by atoms with Gasteiger partial charge in [-0.2, -0.15) is 0 Å².